The average molecular weight is 237 g/mol. The summed E-state index contributed by atoms with van der Waals surface area (Å²) in [5.41, 5.74) is 0.298. The summed E-state index contributed by atoms with van der Waals surface area (Å²) >= 11 is 0. The van der Waals surface area contributed by atoms with Crippen molar-refractivity contribution in [2.45, 2.75) is 6.92 Å². The lowest BCUT2D eigenvalue weighted by atomic mass is 10.2. The van der Waals surface area contributed by atoms with Crippen LogP contribution in [0.5, 0.6) is 5.75 Å². The zero-order valence-electron chi connectivity index (χ0n) is 9.59. The van der Waals surface area contributed by atoms with Crippen molar-refractivity contribution in [2.24, 2.45) is 4.99 Å². The summed E-state index contributed by atoms with van der Waals surface area (Å²) < 4.78 is 0. The van der Waals surface area contributed by atoms with Gasteiger partial charge in [-0.05, 0) is 12.6 Å². The van der Waals surface area contributed by atoms with E-state index in [2.05, 4.69) is 10.3 Å². The molecule has 0 aliphatic heterocycles. The highest BCUT2D eigenvalue weighted by molar-refractivity contribution is 5.84. The van der Waals surface area contributed by atoms with Crippen LogP contribution in [0.2, 0.25) is 0 Å². The van der Waals surface area contributed by atoms with E-state index in [9.17, 15) is 15.2 Å². The molecule has 0 aliphatic rings. The summed E-state index contributed by atoms with van der Waals surface area (Å²) in [7, 11) is 0. The maximum Gasteiger partial charge on any atom is 0.270 e. The van der Waals surface area contributed by atoms with Crippen molar-refractivity contribution in [1.29, 1.82) is 0 Å². The third kappa shape index (κ3) is 4.20. The third-order valence-corrected chi connectivity index (χ3v) is 2.12. The SMILES string of the molecule is CCNCCN=Cc1cc([N+](=O)[O-])ccc1O. The van der Waals surface area contributed by atoms with Crippen molar-refractivity contribution < 1.29 is 10.0 Å². The van der Waals surface area contributed by atoms with Crippen molar-refractivity contribution in [3.63, 3.8) is 0 Å². The Morgan fingerprint density at radius 1 is 1.59 bits per heavy atom. The largest absolute Gasteiger partial charge is 0.507 e. The number of likely N-dealkylation sites (N-methyl/N-ethyl adjacent to an activating group) is 1. The molecule has 0 unspecified atom stereocenters. The number of non-ortho nitro benzene ring substituents is 1. The fraction of sp³-hybridized carbons (Fsp3) is 0.364. The van der Waals surface area contributed by atoms with Crippen molar-refractivity contribution in [3.8, 4) is 5.75 Å². The van der Waals surface area contributed by atoms with Crippen LogP contribution in [0.4, 0.5) is 5.69 Å². The Hall–Kier alpha value is -1.95. The van der Waals surface area contributed by atoms with Crippen LogP contribution >= 0.6 is 0 Å². The Morgan fingerprint density at radius 3 is 3.00 bits per heavy atom. The molecule has 2 N–H and O–H groups in total. The first-order valence-corrected chi connectivity index (χ1v) is 5.33. The van der Waals surface area contributed by atoms with E-state index in [1.54, 1.807) is 0 Å². The summed E-state index contributed by atoms with van der Waals surface area (Å²) in [6.07, 6.45) is 1.44. The van der Waals surface area contributed by atoms with Crippen molar-refractivity contribution in [2.75, 3.05) is 19.6 Å². The molecule has 0 saturated carbocycles. The molecule has 0 bridgehead atoms. The number of phenols is 1. The molecule has 0 heterocycles. The third-order valence-electron chi connectivity index (χ3n) is 2.12. The Labute approximate surface area is 99.1 Å². The fourth-order valence-corrected chi connectivity index (χ4v) is 1.24. The van der Waals surface area contributed by atoms with Gasteiger partial charge in [0, 0.05) is 30.5 Å². The first-order chi connectivity index (χ1) is 8.15. The summed E-state index contributed by atoms with van der Waals surface area (Å²) in [5.74, 6) is -0.0113. The van der Waals surface area contributed by atoms with Crippen LogP contribution in [-0.4, -0.2) is 35.9 Å². The van der Waals surface area contributed by atoms with Crippen LogP contribution in [0, 0.1) is 10.1 Å². The average Bonchev–Trinajstić information content (AvgIpc) is 2.30. The van der Waals surface area contributed by atoms with Gasteiger partial charge in [-0.15, -0.1) is 0 Å². The molecule has 6 nitrogen and oxygen atoms in total. The van der Waals surface area contributed by atoms with Gasteiger partial charge < -0.3 is 10.4 Å². The molecule has 0 atom stereocenters. The van der Waals surface area contributed by atoms with E-state index in [1.807, 2.05) is 6.92 Å². The first-order valence-electron chi connectivity index (χ1n) is 5.33. The lowest BCUT2D eigenvalue weighted by molar-refractivity contribution is -0.384. The minimum absolute atomic E-state index is 0.0113. The van der Waals surface area contributed by atoms with Gasteiger partial charge in [0.05, 0.1) is 11.5 Å². The van der Waals surface area contributed by atoms with Gasteiger partial charge >= 0.3 is 0 Å². The number of nitrogens with zero attached hydrogens (tertiary/aromatic N) is 2. The van der Waals surface area contributed by atoms with E-state index in [-0.39, 0.29) is 11.4 Å². The zero-order valence-corrected chi connectivity index (χ0v) is 9.59. The van der Waals surface area contributed by atoms with Crippen LogP contribution in [-0.2, 0) is 0 Å². The first kappa shape index (κ1) is 13.1. The molecular weight excluding hydrogens is 222 g/mol. The minimum atomic E-state index is -0.505. The molecule has 6 heteroatoms. The molecule has 0 aliphatic carbocycles. The highest BCUT2D eigenvalue weighted by Gasteiger charge is 2.08. The number of hydrogen-bond donors (Lipinski definition) is 2. The number of benzene rings is 1. The quantitative estimate of drug-likeness (QED) is 0.338. The van der Waals surface area contributed by atoms with Crippen LogP contribution in [0.1, 0.15) is 12.5 Å². The molecule has 1 aromatic carbocycles. The van der Waals surface area contributed by atoms with Gasteiger partial charge in [0.2, 0.25) is 0 Å². The predicted molar refractivity (Wildman–Crippen MR) is 65.8 cm³/mol. The molecule has 0 spiro atoms. The second-order valence-electron chi connectivity index (χ2n) is 3.39. The van der Waals surface area contributed by atoms with Crippen LogP contribution in [0.15, 0.2) is 23.2 Å². The van der Waals surface area contributed by atoms with E-state index in [1.165, 1.54) is 24.4 Å². The highest BCUT2D eigenvalue weighted by atomic mass is 16.6. The van der Waals surface area contributed by atoms with Gasteiger partial charge in [0.1, 0.15) is 5.75 Å². The second-order valence-corrected chi connectivity index (χ2v) is 3.39. The molecule has 92 valence electrons. The Morgan fingerprint density at radius 2 is 2.35 bits per heavy atom. The summed E-state index contributed by atoms with van der Waals surface area (Å²) in [6.45, 7) is 4.17. The molecule has 0 saturated heterocycles. The number of hydrogen-bond acceptors (Lipinski definition) is 5. The molecule has 0 radical (unpaired) electrons. The zero-order chi connectivity index (χ0) is 12.7. The second kappa shape index (κ2) is 6.59. The summed E-state index contributed by atoms with van der Waals surface area (Å²) in [4.78, 5) is 14.1. The number of aliphatic imine (C=N–C) groups is 1. The number of rotatable bonds is 6. The Bertz CT molecular complexity index is 418. The Balaban J connectivity index is 2.69. The minimum Gasteiger partial charge on any atom is -0.507 e. The standard InChI is InChI=1S/C11H15N3O3/c1-2-12-5-6-13-8-9-7-10(14(16)17)3-4-11(9)15/h3-4,7-8,12,15H,2,5-6H2,1H3. The molecule has 17 heavy (non-hydrogen) atoms. The molecule has 0 fully saturated rings. The van der Waals surface area contributed by atoms with E-state index in [0.29, 0.717) is 12.1 Å². The molecule has 0 amide bonds. The molecule has 0 aromatic heterocycles. The number of nitro groups is 1. The van der Waals surface area contributed by atoms with Crippen molar-refractivity contribution >= 4 is 11.9 Å². The normalized spacial score (nSPS) is 10.9. The number of phenolic OH excluding ortho intramolecular Hbond substituents is 1. The van der Waals surface area contributed by atoms with E-state index in [0.717, 1.165) is 13.1 Å². The van der Waals surface area contributed by atoms with E-state index < -0.39 is 4.92 Å². The molecule has 1 rings (SSSR count). The number of nitrogens with one attached hydrogen (secondary N) is 1. The topological polar surface area (TPSA) is 87.8 Å². The van der Waals surface area contributed by atoms with Crippen molar-refractivity contribution in [3.05, 3.63) is 33.9 Å². The summed E-state index contributed by atoms with van der Waals surface area (Å²) in [6, 6.07) is 3.85. The van der Waals surface area contributed by atoms with Crippen molar-refractivity contribution in [1.82, 2.24) is 5.32 Å². The smallest absolute Gasteiger partial charge is 0.270 e. The highest BCUT2D eigenvalue weighted by Crippen LogP contribution is 2.21. The van der Waals surface area contributed by atoms with Gasteiger partial charge in [-0.2, -0.15) is 0 Å². The maximum atomic E-state index is 10.5. The van der Waals surface area contributed by atoms with Crippen LogP contribution < -0.4 is 5.32 Å². The van der Waals surface area contributed by atoms with E-state index >= 15 is 0 Å². The Kier molecular flexibility index (Phi) is 5.09. The van der Waals surface area contributed by atoms with Crippen LogP contribution in [0.3, 0.4) is 0 Å². The van der Waals surface area contributed by atoms with Gasteiger partial charge in [-0.25, -0.2) is 0 Å². The summed E-state index contributed by atoms with van der Waals surface area (Å²) in [5, 5.41) is 23.1. The number of nitro benzene ring substituents is 1. The lowest BCUT2D eigenvalue weighted by Crippen LogP contribution is -2.16. The number of aromatic hydroxyl groups is 1. The van der Waals surface area contributed by atoms with Gasteiger partial charge in [0.15, 0.2) is 0 Å². The van der Waals surface area contributed by atoms with Gasteiger partial charge in [-0.1, -0.05) is 6.92 Å². The molecular formula is C11H15N3O3. The van der Waals surface area contributed by atoms with Crippen LogP contribution in [0.25, 0.3) is 0 Å². The maximum absolute atomic E-state index is 10.5. The van der Waals surface area contributed by atoms with E-state index in [4.69, 9.17) is 0 Å². The van der Waals surface area contributed by atoms with Gasteiger partial charge in [-0.3, -0.25) is 15.1 Å². The monoisotopic (exact) mass is 237 g/mol. The molecule has 1 aromatic rings. The lowest BCUT2D eigenvalue weighted by Gasteiger charge is -1.99. The predicted octanol–water partition coefficient (Wildman–Crippen LogP) is 1.33. The van der Waals surface area contributed by atoms with Gasteiger partial charge in [0.25, 0.3) is 5.69 Å². The fourth-order valence-electron chi connectivity index (χ4n) is 1.24.